The summed E-state index contributed by atoms with van der Waals surface area (Å²) in [6, 6.07) is 13.0. The molecule has 0 bridgehead atoms. The second-order valence-electron chi connectivity index (χ2n) is 8.36. The Bertz CT molecular complexity index is 1130. The number of hydrogen-bond donors (Lipinski definition) is 0. The van der Waals surface area contributed by atoms with Crippen LogP contribution in [0.2, 0.25) is 0 Å². The fraction of sp³-hybridized carbons (Fsp3) is 0.296. The molecule has 0 radical (unpaired) electrons. The Labute approximate surface area is 198 Å². The molecule has 1 heterocycles. The van der Waals surface area contributed by atoms with Gasteiger partial charge in [0.1, 0.15) is 17.3 Å². The SMILES string of the molecule is C=CC(C)CC(=O)C1=CCCC(N(C(=O)c2ccccc2C)c2ccc(OC(C)(F)F)cc2)=N1. The molecule has 1 atom stereocenters. The van der Waals surface area contributed by atoms with Crippen molar-refractivity contribution in [2.45, 2.75) is 46.1 Å². The fourth-order valence-electron chi connectivity index (χ4n) is 3.58. The average molecular weight is 467 g/mol. The number of hydrogen-bond acceptors (Lipinski definition) is 4. The first-order valence-corrected chi connectivity index (χ1v) is 11.1. The molecule has 178 valence electrons. The number of halogens is 2. The lowest BCUT2D eigenvalue weighted by atomic mass is 10.0. The number of alkyl halides is 2. The van der Waals surface area contributed by atoms with Crippen molar-refractivity contribution in [3.63, 3.8) is 0 Å². The number of allylic oxidation sites excluding steroid dienone is 3. The van der Waals surface area contributed by atoms with Gasteiger partial charge in [0, 0.05) is 25.3 Å². The van der Waals surface area contributed by atoms with Gasteiger partial charge in [0.25, 0.3) is 5.91 Å². The molecule has 1 amide bonds. The molecule has 0 spiro atoms. The van der Waals surface area contributed by atoms with Crippen molar-refractivity contribution in [2.75, 3.05) is 4.90 Å². The van der Waals surface area contributed by atoms with Gasteiger partial charge in [-0.15, -0.1) is 6.58 Å². The maximum absolute atomic E-state index is 13.7. The quantitative estimate of drug-likeness (QED) is 0.418. The van der Waals surface area contributed by atoms with Crippen LogP contribution in [0.25, 0.3) is 0 Å². The van der Waals surface area contributed by atoms with Gasteiger partial charge in [-0.3, -0.25) is 14.5 Å². The van der Waals surface area contributed by atoms with Gasteiger partial charge in [-0.2, -0.15) is 8.78 Å². The van der Waals surface area contributed by atoms with Crippen LogP contribution in [0.1, 0.15) is 49.0 Å². The number of aliphatic imine (C=N–C) groups is 1. The van der Waals surface area contributed by atoms with E-state index in [0.717, 1.165) is 5.56 Å². The minimum absolute atomic E-state index is 0.00270. The van der Waals surface area contributed by atoms with Crippen LogP contribution < -0.4 is 9.64 Å². The Morgan fingerprint density at radius 1 is 1.21 bits per heavy atom. The minimum Gasteiger partial charge on any atom is -0.433 e. The lowest BCUT2D eigenvalue weighted by molar-refractivity contribution is -0.158. The van der Waals surface area contributed by atoms with E-state index in [9.17, 15) is 18.4 Å². The van der Waals surface area contributed by atoms with Gasteiger partial charge in [-0.05, 0) is 55.2 Å². The number of nitrogens with zero attached hydrogens (tertiary/aromatic N) is 2. The summed E-state index contributed by atoms with van der Waals surface area (Å²) >= 11 is 0. The molecule has 5 nitrogen and oxygen atoms in total. The van der Waals surface area contributed by atoms with E-state index in [2.05, 4.69) is 16.3 Å². The number of Topliss-reactive ketones (excluding diaryl/α,β-unsaturated/α-hetero) is 1. The maximum Gasteiger partial charge on any atom is 0.394 e. The second kappa shape index (κ2) is 10.5. The number of ketones is 1. The van der Waals surface area contributed by atoms with Gasteiger partial charge in [0.15, 0.2) is 5.78 Å². The molecule has 0 saturated heterocycles. The van der Waals surface area contributed by atoms with Crippen molar-refractivity contribution in [3.8, 4) is 5.75 Å². The highest BCUT2D eigenvalue weighted by molar-refractivity contribution is 6.24. The first-order chi connectivity index (χ1) is 16.1. The van der Waals surface area contributed by atoms with Gasteiger partial charge in [-0.1, -0.05) is 37.3 Å². The number of aryl methyl sites for hydroxylation is 1. The minimum atomic E-state index is -3.33. The molecule has 1 unspecified atom stereocenters. The molecule has 2 aromatic carbocycles. The molecule has 7 heteroatoms. The van der Waals surface area contributed by atoms with E-state index in [0.29, 0.717) is 42.5 Å². The Morgan fingerprint density at radius 2 is 1.88 bits per heavy atom. The van der Waals surface area contributed by atoms with Crippen molar-refractivity contribution in [2.24, 2.45) is 10.9 Å². The molecular weight excluding hydrogens is 438 g/mol. The summed E-state index contributed by atoms with van der Waals surface area (Å²) in [6.07, 6.45) is 1.42. The fourth-order valence-corrected chi connectivity index (χ4v) is 3.58. The van der Waals surface area contributed by atoms with E-state index in [1.165, 1.54) is 29.2 Å². The van der Waals surface area contributed by atoms with Crippen molar-refractivity contribution in [1.29, 1.82) is 0 Å². The standard InChI is InChI=1S/C27H28F2N2O3/c1-5-18(2)17-24(32)23-11-8-12-25(30-23)31(26(33)22-10-7-6-9-19(22)3)20-13-15-21(16-14-20)34-27(4,28)29/h5-7,9-11,13-16,18H,1,8,12,17H2,2-4H3. The second-order valence-corrected chi connectivity index (χ2v) is 8.36. The molecule has 1 aliphatic heterocycles. The van der Waals surface area contributed by atoms with E-state index in [1.807, 2.05) is 26.0 Å². The molecule has 0 aliphatic carbocycles. The van der Waals surface area contributed by atoms with Crippen molar-refractivity contribution >= 4 is 23.2 Å². The molecule has 1 aliphatic rings. The molecule has 0 saturated carbocycles. The molecule has 2 aromatic rings. The van der Waals surface area contributed by atoms with Crippen LogP contribution in [-0.2, 0) is 4.79 Å². The molecule has 0 N–H and O–H groups in total. The normalized spacial score (nSPS) is 14.5. The summed E-state index contributed by atoms with van der Waals surface area (Å²) in [7, 11) is 0. The summed E-state index contributed by atoms with van der Waals surface area (Å²) in [6.45, 7) is 8.11. The summed E-state index contributed by atoms with van der Waals surface area (Å²) < 4.78 is 31.1. The summed E-state index contributed by atoms with van der Waals surface area (Å²) in [4.78, 5) is 32.4. The van der Waals surface area contributed by atoms with E-state index < -0.39 is 6.11 Å². The zero-order chi connectivity index (χ0) is 24.9. The number of ether oxygens (including phenoxy) is 1. The highest BCUT2D eigenvalue weighted by Gasteiger charge is 2.28. The van der Waals surface area contributed by atoms with Crippen LogP contribution >= 0.6 is 0 Å². The third-order valence-electron chi connectivity index (χ3n) is 5.38. The summed E-state index contributed by atoms with van der Waals surface area (Å²) in [5.41, 5.74) is 2.01. The third-order valence-corrected chi connectivity index (χ3v) is 5.38. The zero-order valence-electron chi connectivity index (χ0n) is 19.6. The number of carbonyl (C=O) groups excluding carboxylic acids is 2. The highest BCUT2D eigenvalue weighted by Crippen LogP contribution is 2.28. The first-order valence-electron chi connectivity index (χ1n) is 11.1. The van der Waals surface area contributed by atoms with Crippen molar-refractivity contribution < 1.29 is 23.1 Å². The smallest absolute Gasteiger partial charge is 0.394 e. The Morgan fingerprint density at radius 3 is 2.50 bits per heavy atom. The molecular formula is C27H28F2N2O3. The zero-order valence-corrected chi connectivity index (χ0v) is 19.6. The lowest BCUT2D eigenvalue weighted by Gasteiger charge is -2.27. The number of carbonyl (C=O) groups is 2. The Kier molecular flexibility index (Phi) is 7.76. The van der Waals surface area contributed by atoms with Crippen LogP contribution in [0.15, 0.2) is 78.0 Å². The number of anilines is 1. The Hall–Kier alpha value is -3.61. The number of rotatable bonds is 8. The molecule has 0 fully saturated rings. The van der Waals surface area contributed by atoms with E-state index in [4.69, 9.17) is 0 Å². The van der Waals surface area contributed by atoms with Gasteiger partial charge in [-0.25, -0.2) is 4.99 Å². The van der Waals surface area contributed by atoms with Gasteiger partial charge in [0.05, 0.1) is 5.69 Å². The van der Waals surface area contributed by atoms with Crippen LogP contribution in [-0.4, -0.2) is 23.6 Å². The molecule has 0 aromatic heterocycles. The van der Waals surface area contributed by atoms with E-state index >= 15 is 0 Å². The number of benzene rings is 2. The monoisotopic (exact) mass is 466 g/mol. The predicted octanol–water partition coefficient (Wildman–Crippen LogP) is 6.49. The molecule has 34 heavy (non-hydrogen) atoms. The molecule has 3 rings (SSSR count). The largest absolute Gasteiger partial charge is 0.433 e. The van der Waals surface area contributed by atoms with E-state index in [1.54, 1.807) is 24.3 Å². The predicted molar refractivity (Wildman–Crippen MR) is 129 cm³/mol. The lowest BCUT2D eigenvalue weighted by Crippen LogP contribution is -2.38. The van der Waals surface area contributed by atoms with Crippen molar-refractivity contribution in [1.82, 2.24) is 0 Å². The maximum atomic E-state index is 13.7. The van der Waals surface area contributed by atoms with Crippen molar-refractivity contribution in [3.05, 3.63) is 84.1 Å². The average Bonchev–Trinajstić information content (AvgIpc) is 2.79. The van der Waals surface area contributed by atoms with E-state index in [-0.39, 0.29) is 29.8 Å². The van der Waals surface area contributed by atoms with Crippen LogP contribution in [0, 0.1) is 12.8 Å². The third kappa shape index (κ3) is 6.25. The number of amides is 1. The van der Waals surface area contributed by atoms with Crippen LogP contribution in [0.5, 0.6) is 5.75 Å². The van der Waals surface area contributed by atoms with Gasteiger partial charge < -0.3 is 4.74 Å². The summed E-state index contributed by atoms with van der Waals surface area (Å²) in [5.74, 6) is -0.0524. The highest BCUT2D eigenvalue weighted by atomic mass is 19.3. The van der Waals surface area contributed by atoms with Gasteiger partial charge in [0.2, 0.25) is 0 Å². The van der Waals surface area contributed by atoms with Gasteiger partial charge >= 0.3 is 6.11 Å². The Balaban J connectivity index is 2.01. The topological polar surface area (TPSA) is 59.0 Å². The first kappa shape index (κ1) is 25.0. The van der Waals surface area contributed by atoms with Crippen LogP contribution in [0.3, 0.4) is 0 Å². The number of amidine groups is 1. The van der Waals surface area contributed by atoms with Crippen LogP contribution in [0.4, 0.5) is 14.5 Å². The summed E-state index contributed by atoms with van der Waals surface area (Å²) in [5, 5.41) is 0.